The van der Waals surface area contributed by atoms with Crippen LogP contribution < -0.4 is 14.8 Å². The molecule has 122 valence electrons. The van der Waals surface area contributed by atoms with Crippen LogP contribution in [0.1, 0.15) is 24.6 Å². The highest BCUT2D eigenvalue weighted by Crippen LogP contribution is 2.39. The number of methoxy groups -OCH3 is 1. The highest BCUT2D eigenvalue weighted by molar-refractivity contribution is 6.29. The van der Waals surface area contributed by atoms with Gasteiger partial charge in [0, 0.05) is 23.7 Å². The average Bonchev–Trinajstić information content (AvgIpc) is 3.31. The van der Waals surface area contributed by atoms with Crippen LogP contribution in [0.25, 0.3) is 0 Å². The maximum Gasteiger partial charge on any atom is 0.387 e. The van der Waals surface area contributed by atoms with Gasteiger partial charge in [-0.25, -0.2) is 9.97 Å². The van der Waals surface area contributed by atoms with Crippen molar-refractivity contribution >= 4 is 23.1 Å². The lowest BCUT2D eigenvalue weighted by Crippen LogP contribution is -2.04. The number of hydrogen-bond acceptors (Lipinski definition) is 5. The molecule has 2 aromatic rings. The number of hydrogen-bond donors (Lipinski definition) is 1. The predicted octanol–water partition coefficient (Wildman–Crippen LogP) is 4.36. The lowest BCUT2D eigenvalue weighted by molar-refractivity contribution is -0.0511. The Hall–Kier alpha value is -2.15. The molecule has 8 heteroatoms. The summed E-state index contributed by atoms with van der Waals surface area (Å²) in [5, 5.41) is 3.35. The molecule has 3 rings (SSSR count). The molecular formula is C15H14ClF2N3O2. The molecule has 1 heterocycles. The van der Waals surface area contributed by atoms with Crippen LogP contribution in [-0.4, -0.2) is 23.7 Å². The van der Waals surface area contributed by atoms with Crippen molar-refractivity contribution in [1.29, 1.82) is 0 Å². The maximum atomic E-state index is 12.5. The van der Waals surface area contributed by atoms with Crippen LogP contribution in [0.15, 0.2) is 24.3 Å². The van der Waals surface area contributed by atoms with Crippen molar-refractivity contribution in [3.05, 3.63) is 35.2 Å². The van der Waals surface area contributed by atoms with Gasteiger partial charge in [0.15, 0.2) is 11.5 Å². The Labute approximate surface area is 136 Å². The molecule has 1 N–H and O–H groups in total. The highest BCUT2D eigenvalue weighted by Gasteiger charge is 2.27. The van der Waals surface area contributed by atoms with E-state index in [4.69, 9.17) is 16.3 Å². The topological polar surface area (TPSA) is 56.3 Å². The molecular weight excluding hydrogens is 328 g/mol. The number of ether oxygens (including phenoxy) is 2. The molecule has 0 bridgehead atoms. The second-order valence-corrected chi connectivity index (χ2v) is 5.46. The Bertz CT molecular complexity index is 711. The Balaban J connectivity index is 1.84. The van der Waals surface area contributed by atoms with Crippen molar-refractivity contribution in [1.82, 2.24) is 9.97 Å². The van der Waals surface area contributed by atoms with Gasteiger partial charge in [0.05, 0.1) is 7.11 Å². The number of aromatic nitrogens is 2. The molecule has 23 heavy (non-hydrogen) atoms. The van der Waals surface area contributed by atoms with Gasteiger partial charge in [-0.15, -0.1) is 0 Å². The minimum Gasteiger partial charge on any atom is -0.493 e. The van der Waals surface area contributed by atoms with E-state index in [2.05, 4.69) is 20.0 Å². The standard InChI is InChI=1S/C15H14ClF2N3O2/c1-22-10-5-4-9(6-11(10)23-15(17)18)19-13-7-12(16)20-14(21-13)8-2-3-8/h4-8,15H,2-3H2,1H3,(H,19,20,21). The lowest BCUT2D eigenvalue weighted by Gasteiger charge is -2.13. The van der Waals surface area contributed by atoms with E-state index in [0.717, 1.165) is 12.8 Å². The molecule has 0 spiro atoms. The summed E-state index contributed by atoms with van der Waals surface area (Å²) < 4.78 is 34.4. The van der Waals surface area contributed by atoms with Crippen molar-refractivity contribution < 1.29 is 18.3 Å². The smallest absolute Gasteiger partial charge is 0.387 e. The molecule has 0 amide bonds. The highest BCUT2D eigenvalue weighted by atomic mass is 35.5. The Morgan fingerprint density at radius 2 is 2.00 bits per heavy atom. The zero-order valence-corrected chi connectivity index (χ0v) is 13.0. The second-order valence-electron chi connectivity index (χ2n) is 5.08. The molecule has 0 atom stereocenters. The third kappa shape index (κ3) is 3.98. The van der Waals surface area contributed by atoms with Gasteiger partial charge in [-0.05, 0) is 25.0 Å². The Morgan fingerprint density at radius 3 is 2.65 bits per heavy atom. The molecule has 1 aromatic heterocycles. The van der Waals surface area contributed by atoms with Gasteiger partial charge in [0.1, 0.15) is 16.8 Å². The molecule has 5 nitrogen and oxygen atoms in total. The maximum absolute atomic E-state index is 12.5. The predicted molar refractivity (Wildman–Crippen MR) is 81.9 cm³/mol. The van der Waals surface area contributed by atoms with Crippen molar-refractivity contribution in [2.24, 2.45) is 0 Å². The van der Waals surface area contributed by atoms with Gasteiger partial charge < -0.3 is 14.8 Å². The van der Waals surface area contributed by atoms with Gasteiger partial charge >= 0.3 is 6.61 Å². The van der Waals surface area contributed by atoms with Crippen molar-refractivity contribution in [3.63, 3.8) is 0 Å². The van der Waals surface area contributed by atoms with Crippen LogP contribution in [0, 0.1) is 0 Å². The molecule has 1 aliphatic carbocycles. The van der Waals surface area contributed by atoms with Crippen molar-refractivity contribution in [2.75, 3.05) is 12.4 Å². The quantitative estimate of drug-likeness (QED) is 0.791. The molecule has 1 fully saturated rings. The molecule has 0 radical (unpaired) electrons. The summed E-state index contributed by atoms with van der Waals surface area (Å²) in [5.41, 5.74) is 0.526. The number of nitrogens with one attached hydrogen (secondary N) is 1. The Morgan fingerprint density at radius 1 is 1.22 bits per heavy atom. The summed E-state index contributed by atoms with van der Waals surface area (Å²) in [5.74, 6) is 1.70. The molecule has 0 aliphatic heterocycles. The van der Waals surface area contributed by atoms with Gasteiger partial charge in [-0.1, -0.05) is 11.6 Å². The van der Waals surface area contributed by atoms with Gasteiger partial charge in [-0.3, -0.25) is 0 Å². The van der Waals surface area contributed by atoms with Crippen molar-refractivity contribution in [2.45, 2.75) is 25.4 Å². The van der Waals surface area contributed by atoms with E-state index in [1.807, 2.05) is 0 Å². The van der Waals surface area contributed by atoms with E-state index in [-0.39, 0.29) is 11.5 Å². The monoisotopic (exact) mass is 341 g/mol. The molecule has 1 saturated carbocycles. The zero-order valence-electron chi connectivity index (χ0n) is 12.2. The molecule has 1 aromatic carbocycles. The fourth-order valence-electron chi connectivity index (χ4n) is 2.11. The lowest BCUT2D eigenvalue weighted by atomic mass is 10.2. The fraction of sp³-hybridized carbons (Fsp3) is 0.333. The first-order valence-electron chi connectivity index (χ1n) is 6.99. The Kier molecular flexibility index (Phi) is 4.47. The van der Waals surface area contributed by atoms with Crippen LogP contribution in [0.2, 0.25) is 5.15 Å². The normalized spacial score (nSPS) is 14.0. The number of benzene rings is 1. The largest absolute Gasteiger partial charge is 0.493 e. The number of alkyl halides is 2. The average molecular weight is 342 g/mol. The van der Waals surface area contributed by atoms with E-state index < -0.39 is 6.61 Å². The van der Waals surface area contributed by atoms with Crippen LogP contribution in [-0.2, 0) is 0 Å². The molecule has 1 aliphatic rings. The number of halogens is 3. The number of rotatable bonds is 6. The first-order chi connectivity index (χ1) is 11.0. The van der Waals surface area contributed by atoms with Crippen LogP contribution >= 0.6 is 11.6 Å². The molecule has 0 unspecified atom stereocenters. The summed E-state index contributed by atoms with van der Waals surface area (Å²) in [4.78, 5) is 8.59. The van der Waals surface area contributed by atoms with E-state index in [1.165, 1.54) is 19.2 Å². The van der Waals surface area contributed by atoms with Crippen LogP contribution in [0.3, 0.4) is 0 Å². The van der Waals surface area contributed by atoms with E-state index in [9.17, 15) is 8.78 Å². The SMILES string of the molecule is COc1ccc(Nc2cc(Cl)nc(C3CC3)n2)cc1OC(F)F. The zero-order chi connectivity index (χ0) is 16.4. The minimum atomic E-state index is -2.94. The van der Waals surface area contributed by atoms with E-state index in [0.29, 0.717) is 28.4 Å². The summed E-state index contributed by atoms with van der Waals surface area (Å²) in [6.07, 6.45) is 2.10. The van der Waals surface area contributed by atoms with Gasteiger partial charge in [0.25, 0.3) is 0 Å². The summed E-state index contributed by atoms with van der Waals surface area (Å²) in [7, 11) is 1.38. The third-order valence-electron chi connectivity index (χ3n) is 3.31. The minimum absolute atomic E-state index is 0.0601. The second kappa shape index (κ2) is 6.54. The number of anilines is 2. The number of nitrogens with zero attached hydrogens (tertiary/aromatic N) is 2. The summed E-state index contributed by atoms with van der Waals surface area (Å²) in [6.45, 7) is -2.94. The van der Waals surface area contributed by atoms with Crippen LogP contribution in [0.4, 0.5) is 20.3 Å². The first kappa shape index (κ1) is 15.7. The van der Waals surface area contributed by atoms with Crippen LogP contribution in [0.5, 0.6) is 11.5 Å². The summed E-state index contributed by atoms with van der Waals surface area (Å²) >= 11 is 6.00. The van der Waals surface area contributed by atoms with Gasteiger partial charge in [-0.2, -0.15) is 8.78 Å². The first-order valence-corrected chi connectivity index (χ1v) is 7.37. The van der Waals surface area contributed by atoms with E-state index >= 15 is 0 Å². The summed E-state index contributed by atoms with van der Waals surface area (Å²) in [6, 6.07) is 6.19. The van der Waals surface area contributed by atoms with E-state index in [1.54, 1.807) is 12.1 Å². The fourth-order valence-corrected chi connectivity index (χ4v) is 2.30. The molecule has 0 saturated heterocycles. The third-order valence-corrected chi connectivity index (χ3v) is 3.50. The van der Waals surface area contributed by atoms with Crippen molar-refractivity contribution in [3.8, 4) is 11.5 Å². The van der Waals surface area contributed by atoms with Gasteiger partial charge in [0.2, 0.25) is 0 Å².